The molecule has 0 aliphatic heterocycles. The fraction of sp³-hybridized carbons (Fsp3) is 0.400. The van der Waals surface area contributed by atoms with Gasteiger partial charge in [-0.15, -0.1) is 11.8 Å². The van der Waals surface area contributed by atoms with E-state index in [2.05, 4.69) is 16.0 Å². The Bertz CT molecular complexity index is 328. The van der Waals surface area contributed by atoms with Crippen molar-refractivity contribution < 1.29 is 0 Å². The first-order chi connectivity index (χ1) is 6.13. The molecule has 0 aromatic carbocycles. The molecule has 1 aromatic heterocycles. The van der Waals surface area contributed by atoms with Crippen LogP contribution in [-0.4, -0.2) is 17.0 Å². The van der Waals surface area contributed by atoms with Crippen LogP contribution in [-0.2, 0) is 0 Å². The van der Waals surface area contributed by atoms with Gasteiger partial charge in [-0.05, 0) is 39.2 Å². The first-order valence-corrected chi connectivity index (χ1v) is 5.39. The molecule has 0 bridgehead atoms. The molecule has 70 valence electrons. The number of aromatic nitrogens is 1. The SMILES string of the molecule is CSc1ccc(C)nc1N=C(C)C. The van der Waals surface area contributed by atoms with Crippen molar-refractivity contribution in [2.45, 2.75) is 25.7 Å². The molecule has 0 fully saturated rings. The minimum absolute atomic E-state index is 0.840. The van der Waals surface area contributed by atoms with Crippen LogP contribution >= 0.6 is 11.8 Å². The Morgan fingerprint density at radius 3 is 2.62 bits per heavy atom. The molecule has 0 radical (unpaired) electrons. The van der Waals surface area contributed by atoms with E-state index in [1.807, 2.05) is 33.1 Å². The third kappa shape index (κ3) is 2.84. The molecule has 0 saturated carbocycles. The molecule has 13 heavy (non-hydrogen) atoms. The van der Waals surface area contributed by atoms with Gasteiger partial charge in [0, 0.05) is 11.4 Å². The van der Waals surface area contributed by atoms with Gasteiger partial charge < -0.3 is 0 Å². The molecule has 3 heteroatoms. The van der Waals surface area contributed by atoms with Crippen molar-refractivity contribution in [1.82, 2.24) is 4.98 Å². The zero-order valence-corrected chi connectivity index (χ0v) is 9.27. The van der Waals surface area contributed by atoms with Crippen molar-refractivity contribution >= 4 is 23.3 Å². The highest BCUT2D eigenvalue weighted by atomic mass is 32.2. The summed E-state index contributed by atoms with van der Waals surface area (Å²) in [5, 5.41) is 0. The average molecular weight is 194 g/mol. The molecule has 1 aromatic rings. The van der Waals surface area contributed by atoms with Gasteiger partial charge in [0.15, 0.2) is 5.82 Å². The number of thioether (sulfide) groups is 1. The second-order valence-electron chi connectivity index (χ2n) is 3.04. The van der Waals surface area contributed by atoms with Gasteiger partial charge in [-0.2, -0.15) is 0 Å². The van der Waals surface area contributed by atoms with Crippen LogP contribution in [0.5, 0.6) is 0 Å². The van der Waals surface area contributed by atoms with Crippen LogP contribution in [0.4, 0.5) is 5.82 Å². The molecule has 0 unspecified atom stereocenters. The lowest BCUT2D eigenvalue weighted by atomic mass is 10.3. The third-order valence-electron chi connectivity index (χ3n) is 1.53. The molecule has 0 amide bonds. The van der Waals surface area contributed by atoms with E-state index < -0.39 is 0 Å². The Hall–Kier alpha value is -0.830. The maximum Gasteiger partial charge on any atom is 0.165 e. The fourth-order valence-electron chi connectivity index (χ4n) is 0.981. The van der Waals surface area contributed by atoms with Crippen molar-refractivity contribution in [2.24, 2.45) is 4.99 Å². The first-order valence-electron chi connectivity index (χ1n) is 4.17. The van der Waals surface area contributed by atoms with E-state index in [0.29, 0.717) is 0 Å². The summed E-state index contributed by atoms with van der Waals surface area (Å²) in [7, 11) is 0. The summed E-state index contributed by atoms with van der Waals surface area (Å²) in [6.45, 7) is 5.94. The maximum atomic E-state index is 4.38. The third-order valence-corrected chi connectivity index (χ3v) is 2.29. The van der Waals surface area contributed by atoms with Crippen molar-refractivity contribution in [2.75, 3.05) is 6.26 Å². The fourth-order valence-corrected chi connectivity index (χ4v) is 1.46. The Morgan fingerprint density at radius 2 is 2.08 bits per heavy atom. The highest BCUT2D eigenvalue weighted by Crippen LogP contribution is 2.25. The van der Waals surface area contributed by atoms with Crippen molar-refractivity contribution in [1.29, 1.82) is 0 Å². The van der Waals surface area contributed by atoms with E-state index in [4.69, 9.17) is 0 Å². The summed E-state index contributed by atoms with van der Waals surface area (Å²) >= 11 is 1.68. The highest BCUT2D eigenvalue weighted by molar-refractivity contribution is 7.98. The smallest absolute Gasteiger partial charge is 0.165 e. The molecule has 0 saturated heterocycles. The molecule has 1 rings (SSSR count). The number of pyridine rings is 1. The Labute approximate surface area is 83.5 Å². The molecule has 0 aliphatic rings. The lowest BCUT2D eigenvalue weighted by Gasteiger charge is -2.02. The summed E-state index contributed by atoms with van der Waals surface area (Å²) in [4.78, 5) is 9.88. The van der Waals surface area contributed by atoms with Crippen LogP contribution in [0.1, 0.15) is 19.5 Å². The van der Waals surface area contributed by atoms with E-state index >= 15 is 0 Å². The van der Waals surface area contributed by atoms with Gasteiger partial charge in [-0.1, -0.05) is 0 Å². The number of aliphatic imine (C=N–C) groups is 1. The topological polar surface area (TPSA) is 25.2 Å². The van der Waals surface area contributed by atoms with Crippen molar-refractivity contribution in [3.05, 3.63) is 17.8 Å². The maximum absolute atomic E-state index is 4.38. The van der Waals surface area contributed by atoms with Gasteiger partial charge in [0.05, 0.1) is 4.90 Å². The normalized spacial score (nSPS) is 9.85. The molecule has 0 atom stereocenters. The molecule has 0 N–H and O–H groups in total. The summed E-state index contributed by atoms with van der Waals surface area (Å²) in [5.74, 6) is 0.840. The van der Waals surface area contributed by atoms with Crippen LogP contribution in [0.25, 0.3) is 0 Å². The molecule has 0 spiro atoms. The van der Waals surface area contributed by atoms with Gasteiger partial charge in [0.2, 0.25) is 0 Å². The quantitative estimate of drug-likeness (QED) is 0.533. The highest BCUT2D eigenvalue weighted by Gasteiger charge is 2.01. The van der Waals surface area contributed by atoms with Gasteiger partial charge >= 0.3 is 0 Å². The monoisotopic (exact) mass is 194 g/mol. The summed E-state index contributed by atoms with van der Waals surface area (Å²) in [6.07, 6.45) is 2.04. The molecule has 1 heterocycles. The molecular formula is C10H14N2S. The standard InChI is InChI=1S/C10H14N2S/c1-7(2)11-10-9(13-4)6-5-8(3)12-10/h5-6H,1-4H3. The van der Waals surface area contributed by atoms with E-state index in [0.717, 1.165) is 22.1 Å². The molecular weight excluding hydrogens is 180 g/mol. The Kier molecular flexibility index (Phi) is 3.48. The van der Waals surface area contributed by atoms with E-state index in [1.165, 1.54) is 0 Å². The minimum atomic E-state index is 0.840. The lowest BCUT2D eigenvalue weighted by Crippen LogP contribution is -1.86. The van der Waals surface area contributed by atoms with Gasteiger partial charge in [-0.3, -0.25) is 0 Å². The first kappa shape index (κ1) is 10.3. The van der Waals surface area contributed by atoms with Gasteiger partial charge in [0.25, 0.3) is 0 Å². The number of nitrogens with zero attached hydrogens (tertiary/aromatic N) is 2. The zero-order valence-electron chi connectivity index (χ0n) is 8.46. The van der Waals surface area contributed by atoms with E-state index in [-0.39, 0.29) is 0 Å². The molecule has 2 nitrogen and oxygen atoms in total. The Morgan fingerprint density at radius 1 is 1.38 bits per heavy atom. The minimum Gasteiger partial charge on any atom is -0.238 e. The summed E-state index contributed by atoms with van der Waals surface area (Å²) in [6, 6.07) is 4.07. The van der Waals surface area contributed by atoms with Crippen molar-refractivity contribution in [3.63, 3.8) is 0 Å². The van der Waals surface area contributed by atoms with E-state index in [1.54, 1.807) is 11.8 Å². The van der Waals surface area contributed by atoms with Crippen LogP contribution in [0.15, 0.2) is 22.0 Å². The van der Waals surface area contributed by atoms with Crippen molar-refractivity contribution in [3.8, 4) is 0 Å². The van der Waals surface area contributed by atoms with E-state index in [9.17, 15) is 0 Å². The second-order valence-corrected chi connectivity index (χ2v) is 3.89. The molecule has 0 aliphatic carbocycles. The second kappa shape index (κ2) is 4.42. The lowest BCUT2D eigenvalue weighted by molar-refractivity contribution is 1.12. The number of aryl methyl sites for hydroxylation is 1. The summed E-state index contributed by atoms with van der Waals surface area (Å²) < 4.78 is 0. The van der Waals surface area contributed by atoms with Crippen LogP contribution in [0.2, 0.25) is 0 Å². The number of rotatable bonds is 2. The van der Waals surface area contributed by atoms with Crippen LogP contribution in [0, 0.1) is 6.92 Å². The van der Waals surface area contributed by atoms with Crippen LogP contribution in [0.3, 0.4) is 0 Å². The number of hydrogen-bond acceptors (Lipinski definition) is 3. The van der Waals surface area contributed by atoms with Gasteiger partial charge in [0.1, 0.15) is 0 Å². The summed E-state index contributed by atoms with van der Waals surface area (Å²) in [5.41, 5.74) is 2.05. The average Bonchev–Trinajstić information content (AvgIpc) is 2.03. The predicted molar refractivity (Wildman–Crippen MR) is 59.2 cm³/mol. The van der Waals surface area contributed by atoms with Gasteiger partial charge in [-0.25, -0.2) is 9.98 Å². The Balaban J connectivity index is 3.16. The zero-order chi connectivity index (χ0) is 9.84. The largest absolute Gasteiger partial charge is 0.238 e. The predicted octanol–water partition coefficient (Wildman–Crippen LogP) is 3.22. The van der Waals surface area contributed by atoms with Crippen LogP contribution < -0.4 is 0 Å². The number of hydrogen-bond donors (Lipinski definition) is 0.